The second-order valence-electron chi connectivity index (χ2n) is 3.96. The topological polar surface area (TPSA) is 81.4 Å². The van der Waals surface area contributed by atoms with Crippen molar-refractivity contribution in [2.75, 3.05) is 11.9 Å². The molecule has 6 heteroatoms. The molecule has 1 N–H and O–H groups in total. The Hall–Kier alpha value is -2.63. The van der Waals surface area contributed by atoms with E-state index in [4.69, 9.17) is 9.15 Å². The minimum Gasteiger partial charge on any atom is -0.462 e. The highest BCUT2D eigenvalue weighted by Crippen LogP contribution is 2.17. The summed E-state index contributed by atoms with van der Waals surface area (Å²) < 4.78 is 10.1. The first kappa shape index (κ1) is 13.8. The molecule has 0 aliphatic rings. The number of oxazole rings is 1. The molecule has 104 valence electrons. The van der Waals surface area contributed by atoms with Gasteiger partial charge in [-0.3, -0.25) is 4.79 Å². The number of hydrogen-bond donors (Lipinski definition) is 1. The van der Waals surface area contributed by atoms with Gasteiger partial charge >= 0.3 is 5.97 Å². The summed E-state index contributed by atoms with van der Waals surface area (Å²) in [6.45, 7) is 3.63. The molecule has 0 saturated heterocycles. The van der Waals surface area contributed by atoms with Gasteiger partial charge in [0.1, 0.15) is 0 Å². The van der Waals surface area contributed by atoms with Crippen LogP contribution in [0, 0.1) is 6.92 Å². The number of benzene rings is 1. The maximum absolute atomic E-state index is 12.0. The highest BCUT2D eigenvalue weighted by molar-refractivity contribution is 6.06. The first-order chi connectivity index (χ1) is 9.61. The van der Waals surface area contributed by atoms with Crippen LogP contribution < -0.4 is 5.32 Å². The number of para-hydroxylation sites is 1. The van der Waals surface area contributed by atoms with Crippen molar-refractivity contribution in [3.8, 4) is 0 Å². The molecular weight excluding hydrogens is 260 g/mol. The fourth-order valence-electron chi connectivity index (χ4n) is 1.63. The number of aryl methyl sites for hydroxylation is 1. The van der Waals surface area contributed by atoms with Crippen LogP contribution in [0.3, 0.4) is 0 Å². The van der Waals surface area contributed by atoms with Gasteiger partial charge in [-0.2, -0.15) is 0 Å². The van der Waals surface area contributed by atoms with Crippen LogP contribution in [0.1, 0.15) is 33.7 Å². The van der Waals surface area contributed by atoms with E-state index < -0.39 is 11.9 Å². The minimum atomic E-state index is -0.489. The van der Waals surface area contributed by atoms with Crippen LogP contribution in [-0.4, -0.2) is 23.5 Å². The monoisotopic (exact) mass is 274 g/mol. The molecule has 0 atom stereocenters. The van der Waals surface area contributed by atoms with Gasteiger partial charge in [0.15, 0.2) is 5.89 Å². The number of anilines is 1. The van der Waals surface area contributed by atoms with Crippen molar-refractivity contribution in [3.05, 3.63) is 47.7 Å². The third-order valence-electron chi connectivity index (χ3n) is 2.52. The van der Waals surface area contributed by atoms with Gasteiger partial charge in [-0.05, 0) is 19.1 Å². The third-order valence-corrected chi connectivity index (χ3v) is 2.52. The Labute approximate surface area is 115 Å². The van der Waals surface area contributed by atoms with Gasteiger partial charge in [-0.1, -0.05) is 12.1 Å². The lowest BCUT2D eigenvalue weighted by molar-refractivity contribution is 0.0527. The number of carbonyl (C=O) groups excluding carboxylic acids is 2. The standard InChI is InChI=1S/C14H14N2O4/c1-3-19-14(18)10-6-4-5-7-11(10)16-13(17)12-8-15-9(2)20-12/h4-8H,3H2,1-2H3,(H,16,17). The van der Waals surface area contributed by atoms with E-state index in [-0.39, 0.29) is 12.4 Å². The lowest BCUT2D eigenvalue weighted by atomic mass is 10.2. The van der Waals surface area contributed by atoms with E-state index in [1.54, 1.807) is 38.1 Å². The summed E-state index contributed by atoms with van der Waals surface area (Å²) >= 11 is 0. The number of nitrogens with zero attached hydrogens (tertiary/aromatic N) is 1. The molecule has 0 saturated carbocycles. The van der Waals surface area contributed by atoms with Crippen LogP contribution in [0.2, 0.25) is 0 Å². The van der Waals surface area contributed by atoms with Crippen LogP contribution in [0.4, 0.5) is 5.69 Å². The summed E-state index contributed by atoms with van der Waals surface area (Å²) in [5, 5.41) is 2.61. The zero-order chi connectivity index (χ0) is 14.5. The van der Waals surface area contributed by atoms with E-state index in [1.807, 2.05) is 0 Å². The SMILES string of the molecule is CCOC(=O)c1ccccc1NC(=O)c1cnc(C)o1. The minimum absolute atomic E-state index is 0.0844. The van der Waals surface area contributed by atoms with Crippen LogP contribution >= 0.6 is 0 Å². The second kappa shape index (κ2) is 6.01. The molecule has 0 aliphatic carbocycles. The van der Waals surface area contributed by atoms with Gasteiger partial charge < -0.3 is 14.5 Å². The molecule has 2 aromatic rings. The highest BCUT2D eigenvalue weighted by atomic mass is 16.5. The quantitative estimate of drug-likeness (QED) is 0.866. The van der Waals surface area contributed by atoms with Crippen LogP contribution in [0.5, 0.6) is 0 Å². The molecule has 20 heavy (non-hydrogen) atoms. The molecule has 0 unspecified atom stereocenters. The van der Waals surface area contributed by atoms with E-state index in [0.29, 0.717) is 17.1 Å². The van der Waals surface area contributed by atoms with Crippen molar-refractivity contribution in [1.29, 1.82) is 0 Å². The van der Waals surface area contributed by atoms with E-state index in [0.717, 1.165) is 0 Å². The number of amides is 1. The zero-order valence-corrected chi connectivity index (χ0v) is 11.2. The Morgan fingerprint density at radius 3 is 2.75 bits per heavy atom. The average molecular weight is 274 g/mol. The van der Waals surface area contributed by atoms with Crippen LogP contribution in [-0.2, 0) is 4.74 Å². The molecule has 1 amide bonds. The smallest absolute Gasteiger partial charge is 0.340 e. The molecule has 0 aliphatic heterocycles. The number of nitrogens with one attached hydrogen (secondary N) is 1. The predicted molar refractivity (Wildman–Crippen MR) is 71.6 cm³/mol. The van der Waals surface area contributed by atoms with E-state index in [2.05, 4.69) is 10.3 Å². The van der Waals surface area contributed by atoms with Crippen molar-refractivity contribution in [2.45, 2.75) is 13.8 Å². The number of aromatic nitrogens is 1. The average Bonchev–Trinajstić information content (AvgIpc) is 2.86. The fourth-order valence-corrected chi connectivity index (χ4v) is 1.63. The van der Waals surface area contributed by atoms with Crippen molar-refractivity contribution >= 4 is 17.6 Å². The lowest BCUT2D eigenvalue weighted by Gasteiger charge is -2.09. The van der Waals surface area contributed by atoms with E-state index >= 15 is 0 Å². The van der Waals surface area contributed by atoms with E-state index in [1.165, 1.54) is 6.20 Å². The predicted octanol–water partition coefficient (Wildman–Crippen LogP) is 2.41. The summed E-state index contributed by atoms with van der Waals surface area (Å²) in [6.07, 6.45) is 1.33. The summed E-state index contributed by atoms with van der Waals surface area (Å²) in [6, 6.07) is 6.61. The summed E-state index contributed by atoms with van der Waals surface area (Å²) in [7, 11) is 0. The Morgan fingerprint density at radius 1 is 1.35 bits per heavy atom. The number of esters is 1. The normalized spacial score (nSPS) is 10.1. The lowest BCUT2D eigenvalue weighted by Crippen LogP contribution is -2.15. The fraction of sp³-hybridized carbons (Fsp3) is 0.214. The molecule has 1 aromatic carbocycles. The van der Waals surface area contributed by atoms with E-state index in [9.17, 15) is 9.59 Å². The first-order valence-electron chi connectivity index (χ1n) is 6.11. The van der Waals surface area contributed by atoms with Crippen LogP contribution in [0.15, 0.2) is 34.9 Å². The Morgan fingerprint density at radius 2 is 2.10 bits per heavy atom. The molecule has 1 aromatic heterocycles. The number of rotatable bonds is 4. The van der Waals surface area contributed by atoms with Gasteiger partial charge in [-0.15, -0.1) is 0 Å². The maximum Gasteiger partial charge on any atom is 0.340 e. The van der Waals surface area contributed by atoms with Crippen molar-refractivity contribution in [2.24, 2.45) is 0 Å². The Balaban J connectivity index is 2.21. The second-order valence-corrected chi connectivity index (χ2v) is 3.96. The summed E-state index contributed by atoms with van der Waals surface area (Å²) in [5.74, 6) is -0.477. The summed E-state index contributed by atoms with van der Waals surface area (Å²) in [4.78, 5) is 27.6. The largest absolute Gasteiger partial charge is 0.462 e. The van der Waals surface area contributed by atoms with Crippen LogP contribution in [0.25, 0.3) is 0 Å². The van der Waals surface area contributed by atoms with Crippen molar-refractivity contribution in [3.63, 3.8) is 0 Å². The molecule has 0 spiro atoms. The molecule has 0 fully saturated rings. The molecule has 0 radical (unpaired) electrons. The highest BCUT2D eigenvalue weighted by Gasteiger charge is 2.16. The van der Waals surface area contributed by atoms with Gasteiger partial charge in [0, 0.05) is 6.92 Å². The molecule has 0 bridgehead atoms. The zero-order valence-electron chi connectivity index (χ0n) is 11.2. The van der Waals surface area contributed by atoms with Crippen molar-refractivity contribution in [1.82, 2.24) is 4.98 Å². The molecule has 1 heterocycles. The number of carbonyl (C=O) groups is 2. The summed E-state index contributed by atoms with van der Waals surface area (Å²) in [5.41, 5.74) is 0.656. The van der Waals surface area contributed by atoms with Gasteiger partial charge in [0.2, 0.25) is 5.76 Å². The Bertz CT molecular complexity index is 634. The van der Waals surface area contributed by atoms with Gasteiger partial charge in [-0.25, -0.2) is 9.78 Å². The molecular formula is C14H14N2O4. The number of hydrogen-bond acceptors (Lipinski definition) is 5. The third kappa shape index (κ3) is 3.03. The van der Waals surface area contributed by atoms with Gasteiger partial charge in [0.05, 0.1) is 24.1 Å². The maximum atomic E-state index is 12.0. The van der Waals surface area contributed by atoms with Crippen molar-refractivity contribution < 1.29 is 18.7 Å². The van der Waals surface area contributed by atoms with Gasteiger partial charge in [0.25, 0.3) is 5.91 Å². The number of ether oxygens (including phenoxy) is 1. The molecule has 6 nitrogen and oxygen atoms in total. The first-order valence-corrected chi connectivity index (χ1v) is 6.11. The molecule has 2 rings (SSSR count). The Kier molecular flexibility index (Phi) is 4.14.